The Bertz CT molecular complexity index is 1150. The summed E-state index contributed by atoms with van der Waals surface area (Å²) in [4.78, 5) is 9.23. The lowest BCUT2D eigenvalue weighted by Crippen LogP contribution is -2.18. The predicted octanol–water partition coefficient (Wildman–Crippen LogP) is 5.87. The molecule has 0 aliphatic carbocycles. The number of aromatic nitrogens is 2. The van der Waals surface area contributed by atoms with Gasteiger partial charge in [-0.25, -0.2) is 9.99 Å². The van der Waals surface area contributed by atoms with Gasteiger partial charge in [-0.2, -0.15) is 5.10 Å². The number of hydrogen-bond acceptors (Lipinski definition) is 5. The van der Waals surface area contributed by atoms with E-state index in [-0.39, 0.29) is 6.04 Å². The van der Waals surface area contributed by atoms with E-state index >= 15 is 0 Å². The van der Waals surface area contributed by atoms with E-state index in [2.05, 4.69) is 64.8 Å². The van der Waals surface area contributed by atoms with Gasteiger partial charge in [0.15, 0.2) is 0 Å². The first kappa shape index (κ1) is 17.8. The Kier molecular flexibility index (Phi) is 4.66. The molecule has 5 rings (SSSR count). The highest BCUT2D eigenvalue weighted by Gasteiger charge is 2.31. The van der Waals surface area contributed by atoms with Gasteiger partial charge in [0.25, 0.3) is 0 Å². The highest BCUT2D eigenvalue weighted by atomic mass is 32.1. The van der Waals surface area contributed by atoms with Crippen molar-refractivity contribution in [1.82, 2.24) is 9.97 Å². The fourth-order valence-electron chi connectivity index (χ4n) is 3.63. The minimum Gasteiger partial charge on any atom is -0.264 e. The minimum atomic E-state index is 0.0917. The molecule has 142 valence electrons. The monoisotopic (exact) mass is 396 g/mol. The van der Waals surface area contributed by atoms with Gasteiger partial charge in [-0.1, -0.05) is 66.2 Å². The first-order valence-corrected chi connectivity index (χ1v) is 10.5. The van der Waals surface area contributed by atoms with Crippen LogP contribution in [0, 0.1) is 6.92 Å². The zero-order valence-corrected chi connectivity index (χ0v) is 16.9. The van der Waals surface area contributed by atoms with Crippen molar-refractivity contribution in [1.29, 1.82) is 0 Å². The topological polar surface area (TPSA) is 41.4 Å². The van der Waals surface area contributed by atoms with E-state index in [4.69, 9.17) is 10.1 Å². The number of thiazole rings is 1. The number of hydrogen-bond donors (Lipinski definition) is 0. The van der Waals surface area contributed by atoms with Gasteiger partial charge in [0.05, 0.1) is 17.4 Å². The molecule has 4 aromatic rings. The molecule has 0 saturated heterocycles. The zero-order valence-electron chi connectivity index (χ0n) is 16.1. The van der Waals surface area contributed by atoms with Crippen LogP contribution in [0.25, 0.3) is 11.3 Å². The minimum absolute atomic E-state index is 0.0917. The Morgan fingerprint density at radius 3 is 2.62 bits per heavy atom. The molecule has 0 radical (unpaired) electrons. The Hall–Kier alpha value is -3.31. The third kappa shape index (κ3) is 3.57. The maximum atomic E-state index is 5.00. The number of aryl methyl sites for hydroxylation is 1. The molecule has 0 bridgehead atoms. The summed E-state index contributed by atoms with van der Waals surface area (Å²) < 4.78 is 0. The second-order valence-electron chi connectivity index (χ2n) is 7.15. The van der Waals surface area contributed by atoms with Crippen LogP contribution in [-0.2, 0) is 0 Å². The lowest BCUT2D eigenvalue weighted by molar-refractivity contribution is 0.703. The molecule has 4 nitrogen and oxygen atoms in total. The summed E-state index contributed by atoms with van der Waals surface area (Å²) in [5.41, 5.74) is 6.74. The Morgan fingerprint density at radius 1 is 0.966 bits per heavy atom. The summed E-state index contributed by atoms with van der Waals surface area (Å²) in [5.74, 6) is 0. The Labute approximate surface area is 174 Å². The van der Waals surface area contributed by atoms with Gasteiger partial charge in [-0.3, -0.25) is 4.98 Å². The highest BCUT2D eigenvalue weighted by molar-refractivity contribution is 7.14. The molecular weight excluding hydrogens is 376 g/mol. The van der Waals surface area contributed by atoms with Crippen LogP contribution in [0.1, 0.15) is 29.2 Å². The molecule has 1 aliphatic heterocycles. The van der Waals surface area contributed by atoms with Crippen molar-refractivity contribution in [3.05, 3.63) is 101 Å². The smallest absolute Gasteiger partial charge is 0.207 e. The summed E-state index contributed by atoms with van der Waals surface area (Å²) in [5, 5.41) is 10.1. The summed E-state index contributed by atoms with van der Waals surface area (Å²) in [6, 6.07) is 23.0. The van der Waals surface area contributed by atoms with Crippen molar-refractivity contribution in [2.75, 3.05) is 5.01 Å². The van der Waals surface area contributed by atoms with Crippen LogP contribution < -0.4 is 5.01 Å². The first-order chi connectivity index (χ1) is 14.3. The third-order valence-corrected chi connectivity index (χ3v) is 5.92. The van der Waals surface area contributed by atoms with Gasteiger partial charge < -0.3 is 0 Å². The average Bonchev–Trinajstić information content (AvgIpc) is 3.43. The molecular formula is C24H20N4S. The van der Waals surface area contributed by atoms with Crippen molar-refractivity contribution in [3.8, 4) is 11.3 Å². The molecule has 0 saturated carbocycles. The molecule has 1 aliphatic rings. The first-order valence-electron chi connectivity index (χ1n) is 9.62. The quantitative estimate of drug-likeness (QED) is 0.433. The third-order valence-electron chi connectivity index (χ3n) is 5.09. The van der Waals surface area contributed by atoms with Crippen LogP contribution in [0.5, 0.6) is 0 Å². The maximum absolute atomic E-state index is 5.00. The summed E-state index contributed by atoms with van der Waals surface area (Å²) in [6.45, 7) is 2.11. The van der Waals surface area contributed by atoms with Gasteiger partial charge in [0, 0.05) is 29.8 Å². The predicted molar refractivity (Wildman–Crippen MR) is 119 cm³/mol. The van der Waals surface area contributed by atoms with Gasteiger partial charge in [-0.15, -0.1) is 11.3 Å². The maximum Gasteiger partial charge on any atom is 0.207 e. The SMILES string of the molecule is Cc1cccc(C2=NN(c3nc(-c4ccccc4)cs3)C(c3cccnc3)C2)c1. The molecule has 3 heterocycles. The van der Waals surface area contributed by atoms with Crippen LogP contribution in [-0.4, -0.2) is 15.7 Å². The second-order valence-corrected chi connectivity index (χ2v) is 7.98. The molecule has 0 amide bonds. The number of nitrogens with zero attached hydrogens (tertiary/aromatic N) is 4. The van der Waals surface area contributed by atoms with E-state index in [1.54, 1.807) is 11.3 Å². The number of hydrazone groups is 1. The van der Waals surface area contributed by atoms with E-state index in [1.165, 1.54) is 11.1 Å². The van der Waals surface area contributed by atoms with Crippen LogP contribution in [0.15, 0.2) is 89.6 Å². The lowest BCUT2D eigenvalue weighted by Gasteiger charge is -2.20. The lowest BCUT2D eigenvalue weighted by atomic mass is 9.99. The van der Waals surface area contributed by atoms with Gasteiger partial charge in [-0.05, 0) is 24.1 Å². The van der Waals surface area contributed by atoms with Crippen molar-refractivity contribution in [2.24, 2.45) is 5.10 Å². The van der Waals surface area contributed by atoms with Crippen LogP contribution in [0.2, 0.25) is 0 Å². The molecule has 1 unspecified atom stereocenters. The average molecular weight is 397 g/mol. The standard InChI is InChI=1S/C24H20N4S/c1-17-7-5-10-19(13-17)21-14-23(20-11-6-12-25-15-20)28(27-21)24-26-22(16-29-24)18-8-3-2-4-9-18/h2-13,15-16,23H,14H2,1H3. The van der Waals surface area contributed by atoms with Crippen molar-refractivity contribution < 1.29 is 0 Å². The number of pyridine rings is 1. The Balaban J connectivity index is 1.54. The number of anilines is 1. The largest absolute Gasteiger partial charge is 0.264 e. The molecule has 0 N–H and O–H groups in total. The Morgan fingerprint density at radius 2 is 1.83 bits per heavy atom. The van der Waals surface area contributed by atoms with Crippen molar-refractivity contribution in [2.45, 2.75) is 19.4 Å². The van der Waals surface area contributed by atoms with Crippen molar-refractivity contribution in [3.63, 3.8) is 0 Å². The molecule has 0 spiro atoms. The van der Waals surface area contributed by atoms with E-state index in [0.29, 0.717) is 0 Å². The molecule has 0 fully saturated rings. The molecule has 2 aromatic carbocycles. The van der Waals surface area contributed by atoms with Crippen LogP contribution >= 0.6 is 11.3 Å². The molecule has 2 aromatic heterocycles. The summed E-state index contributed by atoms with van der Waals surface area (Å²) >= 11 is 1.63. The molecule has 5 heteroatoms. The van der Waals surface area contributed by atoms with Crippen LogP contribution in [0.4, 0.5) is 5.13 Å². The van der Waals surface area contributed by atoms with E-state index in [0.717, 1.165) is 34.1 Å². The van der Waals surface area contributed by atoms with Crippen molar-refractivity contribution >= 4 is 22.2 Å². The van der Waals surface area contributed by atoms with Gasteiger partial charge >= 0.3 is 0 Å². The van der Waals surface area contributed by atoms with Gasteiger partial charge in [0.2, 0.25) is 5.13 Å². The fourth-order valence-corrected chi connectivity index (χ4v) is 4.46. The number of benzene rings is 2. The second kappa shape index (κ2) is 7.60. The van der Waals surface area contributed by atoms with Gasteiger partial charge in [0.1, 0.15) is 0 Å². The number of rotatable bonds is 4. The van der Waals surface area contributed by atoms with E-state index < -0.39 is 0 Å². The molecule has 1 atom stereocenters. The van der Waals surface area contributed by atoms with Crippen LogP contribution in [0.3, 0.4) is 0 Å². The van der Waals surface area contributed by atoms with E-state index in [1.807, 2.05) is 36.7 Å². The highest BCUT2D eigenvalue weighted by Crippen LogP contribution is 2.39. The van der Waals surface area contributed by atoms with E-state index in [9.17, 15) is 0 Å². The fraction of sp³-hybridized carbons (Fsp3) is 0.125. The normalized spacial score (nSPS) is 16.1. The summed E-state index contributed by atoms with van der Waals surface area (Å²) in [7, 11) is 0. The molecule has 29 heavy (non-hydrogen) atoms. The zero-order chi connectivity index (χ0) is 19.6. The summed E-state index contributed by atoms with van der Waals surface area (Å²) in [6.07, 6.45) is 4.56.